The van der Waals surface area contributed by atoms with Gasteiger partial charge in [0, 0.05) is 12.6 Å². The van der Waals surface area contributed by atoms with Crippen LogP contribution in [0.5, 0.6) is 0 Å². The maximum absolute atomic E-state index is 12.2. The van der Waals surface area contributed by atoms with Crippen LogP contribution >= 0.6 is 11.8 Å². The van der Waals surface area contributed by atoms with Crippen molar-refractivity contribution in [3.63, 3.8) is 0 Å². The Morgan fingerprint density at radius 1 is 1.60 bits per heavy atom. The molecule has 3 unspecified atom stereocenters. The molecule has 2 N–H and O–H groups in total. The zero-order chi connectivity index (χ0) is 14.9. The molecule has 1 aliphatic heterocycles. The van der Waals surface area contributed by atoms with Crippen LogP contribution in [0.2, 0.25) is 0 Å². The number of hydrogen-bond acceptors (Lipinski definition) is 6. The van der Waals surface area contributed by atoms with Crippen LogP contribution in [-0.2, 0) is 0 Å². The Kier molecular flexibility index (Phi) is 4.36. The van der Waals surface area contributed by atoms with Crippen molar-refractivity contribution in [3.05, 3.63) is 24.5 Å². The highest BCUT2D eigenvalue weighted by molar-refractivity contribution is 7.98. The summed E-state index contributed by atoms with van der Waals surface area (Å²) in [5, 5.41) is 23.7. The van der Waals surface area contributed by atoms with Gasteiger partial charge in [0.05, 0.1) is 5.25 Å². The first-order chi connectivity index (χ1) is 9.51. The van der Waals surface area contributed by atoms with E-state index >= 15 is 0 Å². The number of amides is 2. The van der Waals surface area contributed by atoms with Gasteiger partial charge in [-0.05, 0) is 13.2 Å². The predicted octanol–water partition coefficient (Wildman–Crippen LogP) is 1.16. The lowest BCUT2D eigenvalue weighted by atomic mass is 10.3. The molecule has 3 atom stereocenters. The standard InChI is InChI=1S/C12H17N3O4S/c1-4-5-14-10(16)11(17)15(12(14)18)9-6-8(19-13-9)7(2)20-3/h4,6-7,10-11,16-17H,1,5H2,2-3H3. The van der Waals surface area contributed by atoms with E-state index < -0.39 is 18.5 Å². The molecule has 7 nitrogen and oxygen atoms in total. The van der Waals surface area contributed by atoms with Gasteiger partial charge in [-0.3, -0.25) is 4.90 Å². The van der Waals surface area contributed by atoms with Gasteiger partial charge in [-0.15, -0.1) is 6.58 Å². The minimum absolute atomic E-state index is 0.0836. The van der Waals surface area contributed by atoms with Crippen LogP contribution in [0.3, 0.4) is 0 Å². The Hall–Kier alpha value is -1.51. The number of aromatic nitrogens is 1. The van der Waals surface area contributed by atoms with Crippen molar-refractivity contribution >= 4 is 23.6 Å². The van der Waals surface area contributed by atoms with E-state index in [9.17, 15) is 15.0 Å². The number of carbonyl (C=O) groups excluding carboxylic acids is 1. The normalized spacial score (nSPS) is 24.3. The average molecular weight is 299 g/mol. The summed E-state index contributed by atoms with van der Waals surface area (Å²) in [4.78, 5) is 14.3. The average Bonchev–Trinajstić information content (AvgIpc) is 2.98. The molecule has 20 heavy (non-hydrogen) atoms. The summed E-state index contributed by atoms with van der Waals surface area (Å²) in [7, 11) is 0. The van der Waals surface area contributed by atoms with Crippen molar-refractivity contribution in [2.75, 3.05) is 17.7 Å². The van der Waals surface area contributed by atoms with Gasteiger partial charge >= 0.3 is 6.03 Å². The summed E-state index contributed by atoms with van der Waals surface area (Å²) in [5.41, 5.74) is 0. The topological polar surface area (TPSA) is 90.0 Å². The summed E-state index contributed by atoms with van der Waals surface area (Å²) in [6, 6.07) is 1.05. The summed E-state index contributed by atoms with van der Waals surface area (Å²) in [6.07, 6.45) is 0.697. The fraction of sp³-hybridized carbons (Fsp3) is 0.500. The van der Waals surface area contributed by atoms with Gasteiger partial charge in [0.2, 0.25) is 0 Å². The van der Waals surface area contributed by atoms with Crippen LogP contribution in [0.15, 0.2) is 23.2 Å². The fourth-order valence-corrected chi connectivity index (χ4v) is 2.26. The Labute approximate surface area is 120 Å². The number of thioether (sulfide) groups is 1. The molecule has 1 aromatic heterocycles. The van der Waals surface area contributed by atoms with E-state index in [4.69, 9.17) is 4.52 Å². The molecule has 2 heterocycles. The van der Waals surface area contributed by atoms with Gasteiger partial charge < -0.3 is 14.7 Å². The molecule has 1 saturated heterocycles. The van der Waals surface area contributed by atoms with Crippen LogP contribution in [-0.4, -0.2) is 51.6 Å². The molecular formula is C12H17N3O4S. The quantitative estimate of drug-likeness (QED) is 0.793. The monoisotopic (exact) mass is 299 g/mol. The molecule has 8 heteroatoms. The summed E-state index contributed by atoms with van der Waals surface area (Å²) < 4.78 is 5.16. The number of aliphatic hydroxyl groups is 2. The molecular weight excluding hydrogens is 282 g/mol. The molecule has 1 aliphatic rings. The van der Waals surface area contributed by atoms with E-state index in [1.807, 2.05) is 13.2 Å². The number of hydrogen-bond donors (Lipinski definition) is 2. The number of nitrogens with zero attached hydrogens (tertiary/aromatic N) is 3. The Bertz CT molecular complexity index is 507. The minimum Gasteiger partial charge on any atom is -0.369 e. The van der Waals surface area contributed by atoms with E-state index in [1.54, 1.807) is 17.8 Å². The number of rotatable bonds is 5. The van der Waals surface area contributed by atoms with E-state index in [0.29, 0.717) is 5.76 Å². The van der Waals surface area contributed by atoms with Gasteiger partial charge in [0.15, 0.2) is 24.0 Å². The number of carbonyl (C=O) groups is 1. The minimum atomic E-state index is -1.38. The summed E-state index contributed by atoms with van der Waals surface area (Å²) in [5.74, 6) is 0.785. The molecule has 1 fully saturated rings. The molecule has 0 aliphatic carbocycles. The zero-order valence-corrected chi connectivity index (χ0v) is 12.1. The Morgan fingerprint density at radius 3 is 2.90 bits per heavy atom. The van der Waals surface area contributed by atoms with Crippen molar-refractivity contribution in [2.24, 2.45) is 0 Å². The SMILES string of the molecule is C=CCN1C(=O)N(c2cc(C(C)SC)on2)C(O)C1O. The highest BCUT2D eigenvalue weighted by Crippen LogP contribution is 2.31. The zero-order valence-electron chi connectivity index (χ0n) is 11.3. The molecule has 0 aromatic carbocycles. The largest absolute Gasteiger partial charge is 0.369 e. The Morgan fingerprint density at radius 2 is 2.30 bits per heavy atom. The maximum Gasteiger partial charge on any atom is 0.330 e. The molecule has 1 aromatic rings. The molecule has 0 spiro atoms. The first-order valence-corrected chi connectivity index (χ1v) is 7.36. The molecule has 0 radical (unpaired) electrons. The van der Waals surface area contributed by atoms with Crippen molar-refractivity contribution in [2.45, 2.75) is 24.6 Å². The van der Waals surface area contributed by atoms with Gasteiger partial charge in [-0.1, -0.05) is 11.2 Å². The third kappa shape index (κ3) is 2.41. The third-order valence-electron chi connectivity index (χ3n) is 3.15. The van der Waals surface area contributed by atoms with Gasteiger partial charge in [-0.25, -0.2) is 9.69 Å². The lowest BCUT2D eigenvalue weighted by molar-refractivity contribution is -0.0236. The van der Waals surface area contributed by atoms with Gasteiger partial charge in [0.25, 0.3) is 0 Å². The fourth-order valence-electron chi connectivity index (χ4n) is 1.92. The lowest BCUT2D eigenvalue weighted by Gasteiger charge is -2.16. The van der Waals surface area contributed by atoms with Gasteiger partial charge in [-0.2, -0.15) is 11.8 Å². The van der Waals surface area contributed by atoms with Crippen LogP contribution in [0.1, 0.15) is 17.9 Å². The first-order valence-electron chi connectivity index (χ1n) is 6.07. The molecule has 110 valence electrons. The first kappa shape index (κ1) is 14.9. The second kappa shape index (κ2) is 5.86. The third-order valence-corrected chi connectivity index (χ3v) is 4.08. The van der Waals surface area contributed by atoms with Crippen molar-refractivity contribution in [3.8, 4) is 0 Å². The Balaban J connectivity index is 2.26. The predicted molar refractivity (Wildman–Crippen MR) is 75.2 cm³/mol. The second-order valence-corrected chi connectivity index (χ2v) is 5.56. The number of anilines is 1. The van der Waals surface area contributed by atoms with E-state index in [0.717, 1.165) is 9.80 Å². The highest BCUT2D eigenvalue weighted by atomic mass is 32.2. The number of aliphatic hydroxyl groups excluding tert-OH is 2. The smallest absolute Gasteiger partial charge is 0.330 e. The van der Waals surface area contributed by atoms with Crippen molar-refractivity contribution in [1.82, 2.24) is 10.1 Å². The van der Waals surface area contributed by atoms with Crippen molar-refractivity contribution in [1.29, 1.82) is 0 Å². The van der Waals surface area contributed by atoms with Crippen LogP contribution in [0, 0.1) is 0 Å². The maximum atomic E-state index is 12.2. The highest BCUT2D eigenvalue weighted by Gasteiger charge is 2.45. The van der Waals surface area contributed by atoms with Crippen molar-refractivity contribution < 1.29 is 19.5 Å². The van der Waals surface area contributed by atoms with Crippen LogP contribution in [0.25, 0.3) is 0 Å². The van der Waals surface area contributed by atoms with E-state index in [-0.39, 0.29) is 17.6 Å². The molecule has 0 bridgehead atoms. The van der Waals surface area contributed by atoms with Crippen LogP contribution in [0.4, 0.5) is 10.6 Å². The molecule has 0 saturated carbocycles. The van der Waals surface area contributed by atoms with Gasteiger partial charge in [0.1, 0.15) is 0 Å². The summed E-state index contributed by atoms with van der Waals surface area (Å²) in [6.45, 7) is 5.59. The molecule has 2 rings (SSSR count). The summed E-state index contributed by atoms with van der Waals surface area (Å²) >= 11 is 1.57. The lowest BCUT2D eigenvalue weighted by Crippen LogP contribution is -2.37. The van der Waals surface area contributed by atoms with E-state index in [2.05, 4.69) is 11.7 Å². The molecule has 2 amide bonds. The van der Waals surface area contributed by atoms with Crippen LogP contribution < -0.4 is 4.90 Å². The number of urea groups is 1. The van der Waals surface area contributed by atoms with E-state index in [1.165, 1.54) is 6.08 Å². The second-order valence-electron chi connectivity index (χ2n) is 4.39.